The Bertz CT molecular complexity index is 1500. The van der Waals surface area contributed by atoms with Gasteiger partial charge in [-0.2, -0.15) is 13.2 Å². The minimum Gasteiger partial charge on any atom is -0.472 e. The van der Waals surface area contributed by atoms with Crippen LogP contribution in [-0.2, 0) is 6.18 Å². The molecule has 5 heterocycles. The third-order valence-electron chi connectivity index (χ3n) is 7.74. The molecule has 1 amide bonds. The minimum absolute atomic E-state index is 0.0384. The van der Waals surface area contributed by atoms with Crippen molar-refractivity contribution < 1.29 is 31.5 Å². The van der Waals surface area contributed by atoms with Crippen LogP contribution in [0.5, 0.6) is 5.88 Å². The van der Waals surface area contributed by atoms with Gasteiger partial charge in [-0.05, 0) is 38.3 Å². The molecule has 3 N–H and O–H groups in total. The van der Waals surface area contributed by atoms with Crippen LogP contribution in [0.3, 0.4) is 0 Å². The maximum absolute atomic E-state index is 16.5. The molecule has 4 atom stereocenters. The predicted molar refractivity (Wildman–Crippen MR) is 130 cm³/mol. The fourth-order valence-electron chi connectivity index (χ4n) is 6.10. The zero-order valence-corrected chi connectivity index (χ0v) is 20.8. The number of hydrogen-bond donors (Lipinski definition) is 2. The largest absolute Gasteiger partial charge is 0.472 e. The number of nitrogens with one attached hydrogen (secondary N) is 1. The number of nitrogens with zero attached hydrogens (tertiary/aromatic N) is 4. The zero-order valence-electron chi connectivity index (χ0n) is 20.8. The number of carbonyl (C=O) groups is 1. The van der Waals surface area contributed by atoms with Crippen molar-refractivity contribution in [2.24, 2.45) is 0 Å². The summed E-state index contributed by atoms with van der Waals surface area (Å²) in [7, 11) is 0. The molecule has 0 radical (unpaired) electrons. The SMILES string of the molecule is Cc1c(F)c(N)cc(-c2nc3c(c(-c4cncnc4)c2F)C(=O)N2C[C@H]4CC[C@H](N4)[C@H]2[C@H](C)O3)c1C(F)(F)F. The lowest BCUT2D eigenvalue weighted by Crippen LogP contribution is -2.63. The van der Waals surface area contributed by atoms with E-state index in [9.17, 15) is 22.4 Å². The number of ether oxygens (including phenoxy) is 1. The van der Waals surface area contributed by atoms with Crippen molar-refractivity contribution in [1.82, 2.24) is 25.2 Å². The van der Waals surface area contributed by atoms with Gasteiger partial charge in [0.05, 0.1) is 17.3 Å². The monoisotopic (exact) mass is 546 g/mol. The van der Waals surface area contributed by atoms with E-state index in [1.54, 1.807) is 11.8 Å². The van der Waals surface area contributed by atoms with Crippen LogP contribution in [0.4, 0.5) is 27.6 Å². The van der Waals surface area contributed by atoms with E-state index in [1.165, 1.54) is 18.7 Å². The van der Waals surface area contributed by atoms with Crippen molar-refractivity contribution >= 4 is 11.6 Å². The first-order valence-corrected chi connectivity index (χ1v) is 12.4. The van der Waals surface area contributed by atoms with Crippen molar-refractivity contribution in [2.75, 3.05) is 12.3 Å². The number of hydrogen-bond acceptors (Lipinski definition) is 7. The van der Waals surface area contributed by atoms with Gasteiger partial charge >= 0.3 is 6.18 Å². The van der Waals surface area contributed by atoms with Gasteiger partial charge in [-0.25, -0.2) is 23.7 Å². The molecule has 3 aromatic rings. The van der Waals surface area contributed by atoms with Gasteiger partial charge in [0.1, 0.15) is 29.5 Å². The van der Waals surface area contributed by atoms with Gasteiger partial charge in [-0.1, -0.05) is 0 Å². The molecule has 39 heavy (non-hydrogen) atoms. The van der Waals surface area contributed by atoms with Crippen LogP contribution in [0.2, 0.25) is 0 Å². The maximum atomic E-state index is 16.5. The molecule has 3 aliphatic rings. The molecule has 0 spiro atoms. The standard InChI is InChI=1S/C26H23F5N6O2/c1-10-19(26(29,30)31)14(5-15(32)20(10)27)22-21(28)17(12-6-33-9-34-7-12)18-24(36-22)39-11(2)23-16-4-3-13(35-16)8-37(23)25(18)38/h5-7,9,11,13,16,23,35H,3-4,8,32H2,1-2H3/t11-,13+,16-,23+/m0/s1. The second-order valence-electron chi connectivity index (χ2n) is 10.1. The fourth-order valence-corrected chi connectivity index (χ4v) is 6.10. The Balaban J connectivity index is 1.66. The number of aromatic nitrogens is 3. The van der Waals surface area contributed by atoms with E-state index < -0.39 is 63.9 Å². The van der Waals surface area contributed by atoms with Crippen molar-refractivity contribution in [3.05, 3.63) is 53.1 Å². The first kappa shape index (κ1) is 25.4. The van der Waals surface area contributed by atoms with Crippen LogP contribution < -0.4 is 15.8 Å². The number of benzene rings is 1. The zero-order chi connectivity index (χ0) is 27.8. The van der Waals surface area contributed by atoms with E-state index in [1.807, 2.05) is 0 Å². The number of carbonyl (C=O) groups excluding carboxylic acids is 1. The van der Waals surface area contributed by atoms with Crippen LogP contribution in [0.15, 0.2) is 24.8 Å². The molecule has 2 fully saturated rings. The number of alkyl halides is 3. The third-order valence-corrected chi connectivity index (χ3v) is 7.74. The van der Waals surface area contributed by atoms with Gasteiger partial charge in [0.25, 0.3) is 5.91 Å². The number of piperazine rings is 1. The van der Waals surface area contributed by atoms with Crippen molar-refractivity contribution in [2.45, 2.75) is 57.1 Å². The summed E-state index contributed by atoms with van der Waals surface area (Å²) in [6.45, 7) is 3.00. The highest BCUT2D eigenvalue weighted by atomic mass is 19.4. The van der Waals surface area contributed by atoms with Gasteiger partial charge in [-0.15, -0.1) is 0 Å². The van der Waals surface area contributed by atoms with Gasteiger partial charge in [-0.3, -0.25) is 4.79 Å². The maximum Gasteiger partial charge on any atom is 0.417 e. The Hall–Kier alpha value is -3.87. The lowest BCUT2D eigenvalue weighted by Gasteiger charge is -2.41. The van der Waals surface area contributed by atoms with Gasteiger partial charge in [0.15, 0.2) is 5.82 Å². The van der Waals surface area contributed by atoms with Gasteiger partial charge < -0.3 is 20.7 Å². The Morgan fingerprint density at radius 1 is 1.13 bits per heavy atom. The van der Waals surface area contributed by atoms with E-state index in [0.717, 1.165) is 19.8 Å². The Labute approximate surface area is 219 Å². The molecule has 0 unspecified atom stereocenters. The molecule has 6 rings (SSSR count). The Morgan fingerprint density at radius 2 is 1.85 bits per heavy atom. The average molecular weight is 547 g/mol. The van der Waals surface area contributed by atoms with Crippen LogP contribution >= 0.6 is 0 Å². The van der Waals surface area contributed by atoms with Gasteiger partial charge in [0.2, 0.25) is 5.88 Å². The summed E-state index contributed by atoms with van der Waals surface area (Å²) in [4.78, 5) is 27.6. The van der Waals surface area contributed by atoms with Crippen LogP contribution in [0.1, 0.15) is 41.3 Å². The molecule has 2 saturated heterocycles. The molecule has 1 aromatic carbocycles. The number of nitrogen functional groups attached to an aromatic ring is 1. The summed E-state index contributed by atoms with van der Waals surface area (Å²) < 4.78 is 79.7. The van der Waals surface area contributed by atoms with Crippen LogP contribution in [0.25, 0.3) is 22.4 Å². The van der Waals surface area contributed by atoms with Crippen molar-refractivity contribution in [3.8, 4) is 28.3 Å². The molecule has 0 saturated carbocycles. The lowest BCUT2D eigenvalue weighted by atomic mass is 9.93. The molecule has 8 nitrogen and oxygen atoms in total. The first-order chi connectivity index (χ1) is 18.5. The number of fused-ring (bicyclic) bond motifs is 5. The Kier molecular flexibility index (Phi) is 5.75. The number of halogens is 5. The highest BCUT2D eigenvalue weighted by Gasteiger charge is 2.49. The topological polar surface area (TPSA) is 106 Å². The lowest BCUT2D eigenvalue weighted by molar-refractivity contribution is -0.137. The molecule has 204 valence electrons. The summed E-state index contributed by atoms with van der Waals surface area (Å²) in [5.74, 6) is -3.39. The van der Waals surface area contributed by atoms with E-state index in [2.05, 4.69) is 20.3 Å². The van der Waals surface area contributed by atoms with E-state index in [-0.39, 0.29) is 34.7 Å². The number of amides is 1. The quantitative estimate of drug-likeness (QED) is 0.368. The highest BCUT2D eigenvalue weighted by molar-refractivity contribution is 6.04. The van der Waals surface area contributed by atoms with Crippen molar-refractivity contribution in [3.63, 3.8) is 0 Å². The minimum atomic E-state index is -5.07. The second kappa shape index (κ2) is 8.83. The smallest absolute Gasteiger partial charge is 0.417 e. The summed E-state index contributed by atoms with van der Waals surface area (Å²) in [5, 5.41) is 3.47. The highest BCUT2D eigenvalue weighted by Crippen LogP contribution is 2.46. The normalized spacial score (nSPS) is 24.2. The molecular weight excluding hydrogens is 523 g/mol. The van der Waals surface area contributed by atoms with Crippen LogP contribution in [-0.4, -0.2) is 56.5 Å². The molecule has 2 bridgehead atoms. The van der Waals surface area contributed by atoms with E-state index >= 15 is 4.39 Å². The van der Waals surface area contributed by atoms with Crippen LogP contribution in [0, 0.1) is 18.6 Å². The summed E-state index contributed by atoms with van der Waals surface area (Å²) in [5.41, 5.74) is 0.731. The molecule has 13 heteroatoms. The first-order valence-electron chi connectivity index (χ1n) is 12.4. The molecule has 0 aliphatic carbocycles. The Morgan fingerprint density at radius 3 is 2.54 bits per heavy atom. The molecule has 2 aromatic heterocycles. The average Bonchev–Trinajstić information content (AvgIpc) is 3.22. The second-order valence-corrected chi connectivity index (χ2v) is 10.1. The predicted octanol–water partition coefficient (Wildman–Crippen LogP) is 4.12. The fraction of sp³-hybridized carbons (Fsp3) is 0.385. The van der Waals surface area contributed by atoms with E-state index in [0.29, 0.717) is 12.6 Å². The number of pyridine rings is 1. The summed E-state index contributed by atoms with van der Waals surface area (Å²) >= 11 is 0. The van der Waals surface area contributed by atoms with Crippen molar-refractivity contribution in [1.29, 1.82) is 0 Å². The molecular formula is C26H23F5N6O2. The van der Waals surface area contributed by atoms with Gasteiger partial charge in [0, 0.05) is 47.7 Å². The number of nitrogens with two attached hydrogens (primary N) is 1. The number of rotatable bonds is 2. The summed E-state index contributed by atoms with van der Waals surface area (Å²) in [6, 6.07) is 0.277. The number of anilines is 1. The van der Waals surface area contributed by atoms with E-state index in [4.69, 9.17) is 10.5 Å². The summed E-state index contributed by atoms with van der Waals surface area (Å²) in [6.07, 6.45) is -0.353. The molecule has 3 aliphatic heterocycles. The third kappa shape index (κ3) is 3.89.